The SMILES string of the molecule is Cc1ccc(-n2cccn2)c(CN2CCN(C)[C@@H](CCO)C2)c1. The zero-order valence-corrected chi connectivity index (χ0v) is 14.0. The molecule has 2 heterocycles. The van der Waals surface area contributed by atoms with Crippen molar-refractivity contribution in [3.63, 3.8) is 0 Å². The van der Waals surface area contributed by atoms with Crippen molar-refractivity contribution in [1.82, 2.24) is 19.6 Å². The molecule has 1 N–H and O–H groups in total. The maximum atomic E-state index is 9.26. The van der Waals surface area contributed by atoms with Crippen LogP contribution in [0.2, 0.25) is 0 Å². The van der Waals surface area contributed by atoms with Crippen molar-refractivity contribution in [3.8, 4) is 5.69 Å². The Balaban J connectivity index is 1.78. The predicted octanol–water partition coefficient (Wildman–Crippen LogP) is 1.68. The normalized spacial score (nSPS) is 20.0. The summed E-state index contributed by atoms with van der Waals surface area (Å²) >= 11 is 0. The van der Waals surface area contributed by atoms with Gasteiger partial charge in [-0.2, -0.15) is 5.10 Å². The average Bonchev–Trinajstić information content (AvgIpc) is 3.05. The molecule has 5 heteroatoms. The molecular formula is C18H26N4O. The second kappa shape index (κ2) is 7.25. The maximum absolute atomic E-state index is 9.26. The largest absolute Gasteiger partial charge is 0.396 e. The summed E-state index contributed by atoms with van der Waals surface area (Å²) in [7, 11) is 2.15. The van der Waals surface area contributed by atoms with Gasteiger partial charge in [-0.25, -0.2) is 4.68 Å². The van der Waals surface area contributed by atoms with Gasteiger partial charge in [0.25, 0.3) is 0 Å². The number of rotatable bonds is 5. The van der Waals surface area contributed by atoms with Crippen molar-refractivity contribution in [2.24, 2.45) is 0 Å². The molecule has 0 unspecified atom stereocenters. The van der Waals surface area contributed by atoms with Crippen molar-refractivity contribution in [2.45, 2.75) is 25.9 Å². The van der Waals surface area contributed by atoms with Crippen LogP contribution in [0.3, 0.4) is 0 Å². The van der Waals surface area contributed by atoms with Gasteiger partial charge in [0.1, 0.15) is 0 Å². The minimum absolute atomic E-state index is 0.256. The fourth-order valence-electron chi connectivity index (χ4n) is 3.33. The van der Waals surface area contributed by atoms with Crippen LogP contribution in [0.5, 0.6) is 0 Å². The number of piperazine rings is 1. The van der Waals surface area contributed by atoms with Crippen molar-refractivity contribution in [1.29, 1.82) is 0 Å². The molecule has 1 saturated heterocycles. The summed E-state index contributed by atoms with van der Waals surface area (Å²) in [4.78, 5) is 4.85. The minimum atomic E-state index is 0.256. The third-order valence-electron chi connectivity index (χ3n) is 4.70. The Kier molecular flexibility index (Phi) is 5.10. The van der Waals surface area contributed by atoms with Crippen LogP contribution in [0.25, 0.3) is 5.69 Å². The molecular weight excluding hydrogens is 288 g/mol. The zero-order chi connectivity index (χ0) is 16.2. The van der Waals surface area contributed by atoms with Gasteiger partial charge in [-0.15, -0.1) is 0 Å². The highest BCUT2D eigenvalue weighted by molar-refractivity contribution is 5.42. The van der Waals surface area contributed by atoms with E-state index in [0.29, 0.717) is 6.04 Å². The van der Waals surface area contributed by atoms with Gasteiger partial charge in [-0.3, -0.25) is 4.90 Å². The van der Waals surface area contributed by atoms with Crippen LogP contribution in [0.1, 0.15) is 17.5 Å². The number of hydrogen-bond acceptors (Lipinski definition) is 4. The number of aliphatic hydroxyl groups excluding tert-OH is 1. The molecule has 23 heavy (non-hydrogen) atoms. The van der Waals surface area contributed by atoms with E-state index >= 15 is 0 Å². The van der Waals surface area contributed by atoms with Gasteiger partial charge >= 0.3 is 0 Å². The van der Waals surface area contributed by atoms with Crippen LogP contribution in [0.15, 0.2) is 36.7 Å². The van der Waals surface area contributed by atoms with Crippen LogP contribution in [0, 0.1) is 6.92 Å². The number of nitrogens with zero attached hydrogens (tertiary/aromatic N) is 4. The van der Waals surface area contributed by atoms with Gasteiger partial charge in [0.05, 0.1) is 5.69 Å². The van der Waals surface area contributed by atoms with Gasteiger partial charge in [-0.1, -0.05) is 17.7 Å². The maximum Gasteiger partial charge on any atom is 0.0690 e. The first-order valence-electron chi connectivity index (χ1n) is 8.30. The Morgan fingerprint density at radius 3 is 2.91 bits per heavy atom. The van der Waals surface area contributed by atoms with Crippen LogP contribution in [-0.4, -0.2) is 64.0 Å². The van der Waals surface area contributed by atoms with Crippen LogP contribution < -0.4 is 0 Å². The Bertz CT molecular complexity index is 626. The van der Waals surface area contributed by atoms with E-state index in [4.69, 9.17) is 0 Å². The van der Waals surface area contributed by atoms with Crippen molar-refractivity contribution >= 4 is 0 Å². The van der Waals surface area contributed by atoms with Crippen molar-refractivity contribution in [3.05, 3.63) is 47.8 Å². The average molecular weight is 314 g/mol. The lowest BCUT2D eigenvalue weighted by Crippen LogP contribution is -2.51. The smallest absolute Gasteiger partial charge is 0.0690 e. The monoisotopic (exact) mass is 314 g/mol. The lowest BCUT2D eigenvalue weighted by molar-refractivity contribution is 0.0743. The van der Waals surface area contributed by atoms with Crippen LogP contribution in [0.4, 0.5) is 0 Å². The van der Waals surface area contributed by atoms with Gasteiger partial charge in [0.15, 0.2) is 0 Å². The number of aryl methyl sites for hydroxylation is 1. The molecule has 0 aliphatic carbocycles. The van der Waals surface area contributed by atoms with Crippen molar-refractivity contribution < 1.29 is 5.11 Å². The molecule has 0 radical (unpaired) electrons. The molecule has 5 nitrogen and oxygen atoms in total. The quantitative estimate of drug-likeness (QED) is 0.912. The first kappa shape index (κ1) is 16.2. The third kappa shape index (κ3) is 3.80. The van der Waals surface area contributed by atoms with E-state index in [1.807, 2.05) is 23.1 Å². The molecule has 0 spiro atoms. The summed E-state index contributed by atoms with van der Waals surface area (Å²) in [6.07, 6.45) is 4.65. The van der Waals surface area contributed by atoms with E-state index in [2.05, 4.69) is 47.1 Å². The Morgan fingerprint density at radius 1 is 1.30 bits per heavy atom. The molecule has 3 rings (SSSR count). The summed E-state index contributed by atoms with van der Waals surface area (Å²) in [5.41, 5.74) is 3.73. The van der Waals surface area contributed by atoms with Crippen molar-refractivity contribution in [2.75, 3.05) is 33.3 Å². The van der Waals surface area contributed by atoms with E-state index in [0.717, 1.165) is 38.3 Å². The summed E-state index contributed by atoms with van der Waals surface area (Å²) in [6, 6.07) is 8.94. The highest BCUT2D eigenvalue weighted by Crippen LogP contribution is 2.20. The highest BCUT2D eigenvalue weighted by Gasteiger charge is 2.24. The third-order valence-corrected chi connectivity index (χ3v) is 4.70. The molecule has 1 fully saturated rings. The fourth-order valence-corrected chi connectivity index (χ4v) is 3.33. The topological polar surface area (TPSA) is 44.5 Å². The summed E-state index contributed by atoms with van der Waals surface area (Å²) in [5.74, 6) is 0. The minimum Gasteiger partial charge on any atom is -0.396 e. The van der Waals surface area contributed by atoms with Gasteiger partial charge in [0.2, 0.25) is 0 Å². The fraction of sp³-hybridized carbons (Fsp3) is 0.500. The Morgan fingerprint density at radius 2 is 2.17 bits per heavy atom. The van der Waals surface area contributed by atoms with E-state index < -0.39 is 0 Å². The summed E-state index contributed by atoms with van der Waals surface area (Å²) < 4.78 is 1.94. The molecule has 0 bridgehead atoms. The predicted molar refractivity (Wildman–Crippen MR) is 91.7 cm³/mol. The number of benzene rings is 1. The van der Waals surface area contributed by atoms with Gasteiger partial charge in [-0.05, 0) is 38.1 Å². The lowest BCUT2D eigenvalue weighted by atomic mass is 10.1. The molecule has 0 saturated carbocycles. The molecule has 2 aromatic rings. The first-order chi connectivity index (χ1) is 11.2. The molecule has 1 aromatic heterocycles. The van der Waals surface area contributed by atoms with Gasteiger partial charge < -0.3 is 10.0 Å². The first-order valence-corrected chi connectivity index (χ1v) is 8.30. The molecule has 1 aliphatic rings. The Labute approximate surface area is 138 Å². The molecule has 1 aliphatic heterocycles. The standard InChI is InChI=1S/C18H26N4O/c1-15-4-5-18(22-8-3-7-19-22)16(12-15)13-21-10-9-20(2)17(14-21)6-11-23/h3-5,7-8,12,17,23H,6,9-11,13-14H2,1-2H3/t17-/m0/s1. The number of hydrogen-bond donors (Lipinski definition) is 1. The van der Waals surface area contributed by atoms with E-state index in [-0.39, 0.29) is 6.61 Å². The van der Waals surface area contributed by atoms with Gasteiger partial charge in [0, 0.05) is 51.2 Å². The lowest BCUT2D eigenvalue weighted by Gasteiger charge is -2.39. The Hall–Kier alpha value is -1.69. The summed E-state index contributed by atoms with van der Waals surface area (Å²) in [5, 5.41) is 13.6. The van der Waals surface area contributed by atoms with E-state index in [1.165, 1.54) is 11.1 Å². The number of aliphatic hydroxyl groups is 1. The van der Waals surface area contributed by atoms with E-state index in [1.54, 1.807) is 0 Å². The second-order valence-corrected chi connectivity index (χ2v) is 6.46. The molecule has 0 amide bonds. The highest BCUT2D eigenvalue weighted by atomic mass is 16.3. The second-order valence-electron chi connectivity index (χ2n) is 6.46. The summed E-state index contributed by atoms with van der Waals surface area (Å²) in [6.45, 7) is 6.43. The molecule has 1 atom stereocenters. The number of aromatic nitrogens is 2. The van der Waals surface area contributed by atoms with Crippen LogP contribution in [-0.2, 0) is 6.54 Å². The molecule has 124 valence electrons. The van der Waals surface area contributed by atoms with E-state index in [9.17, 15) is 5.11 Å². The zero-order valence-electron chi connectivity index (χ0n) is 14.0. The molecule has 1 aromatic carbocycles. The van der Waals surface area contributed by atoms with Crippen LogP contribution >= 0.6 is 0 Å². The number of likely N-dealkylation sites (N-methyl/N-ethyl adjacent to an activating group) is 1.